The second kappa shape index (κ2) is 4.09. The first kappa shape index (κ1) is 9.66. The number of hydrogen-bond acceptors (Lipinski definition) is 2. The molecule has 0 saturated carbocycles. The van der Waals surface area contributed by atoms with Crippen LogP contribution < -0.4 is 10.6 Å². The molecule has 1 aromatic rings. The Bertz CT molecular complexity index is 319. The van der Waals surface area contributed by atoms with Gasteiger partial charge in [-0.25, -0.2) is 0 Å². The molecule has 1 aliphatic heterocycles. The van der Waals surface area contributed by atoms with Gasteiger partial charge in [0.15, 0.2) is 0 Å². The molecule has 2 N–H and O–H groups in total. The van der Waals surface area contributed by atoms with Crippen LogP contribution in [0.2, 0.25) is 5.02 Å². The van der Waals surface area contributed by atoms with E-state index in [-0.39, 0.29) is 0 Å². The molecule has 1 heterocycles. The Morgan fingerprint density at radius 1 is 1.14 bits per heavy atom. The van der Waals surface area contributed by atoms with Crippen molar-refractivity contribution in [2.45, 2.75) is 19.3 Å². The summed E-state index contributed by atoms with van der Waals surface area (Å²) in [5, 5.41) is 0.660. The van der Waals surface area contributed by atoms with Crippen molar-refractivity contribution in [1.82, 2.24) is 0 Å². The van der Waals surface area contributed by atoms with Crippen LogP contribution in [0.4, 0.5) is 11.4 Å². The zero-order valence-corrected chi connectivity index (χ0v) is 8.93. The Hall–Kier alpha value is -0.890. The molecule has 3 heteroatoms. The van der Waals surface area contributed by atoms with Gasteiger partial charge in [-0.1, -0.05) is 11.6 Å². The summed E-state index contributed by atoms with van der Waals surface area (Å²) in [4.78, 5) is 2.37. The molecule has 2 rings (SSSR count). The lowest BCUT2D eigenvalue weighted by Gasteiger charge is -2.29. The molecule has 0 spiro atoms. The van der Waals surface area contributed by atoms with E-state index in [4.69, 9.17) is 17.3 Å². The lowest BCUT2D eigenvalue weighted by molar-refractivity contribution is 0.578. The first-order valence-corrected chi connectivity index (χ1v) is 5.45. The van der Waals surface area contributed by atoms with E-state index in [1.165, 1.54) is 24.9 Å². The van der Waals surface area contributed by atoms with Crippen molar-refractivity contribution in [3.05, 3.63) is 23.2 Å². The fraction of sp³-hybridized carbons (Fsp3) is 0.455. The van der Waals surface area contributed by atoms with Crippen LogP contribution in [-0.4, -0.2) is 13.1 Å². The number of nitrogens with two attached hydrogens (primary N) is 1. The van der Waals surface area contributed by atoms with E-state index >= 15 is 0 Å². The average Bonchev–Trinajstić information content (AvgIpc) is 2.23. The largest absolute Gasteiger partial charge is 0.398 e. The van der Waals surface area contributed by atoms with Crippen LogP contribution in [0, 0.1) is 0 Å². The molecule has 1 aromatic carbocycles. The molecular weight excluding hydrogens is 196 g/mol. The van der Waals surface area contributed by atoms with Gasteiger partial charge in [-0.05, 0) is 37.5 Å². The highest BCUT2D eigenvalue weighted by molar-refractivity contribution is 6.33. The third kappa shape index (κ3) is 1.95. The van der Waals surface area contributed by atoms with Crippen LogP contribution in [0.3, 0.4) is 0 Å². The number of nitrogens with zero attached hydrogens (tertiary/aromatic N) is 1. The topological polar surface area (TPSA) is 29.3 Å². The summed E-state index contributed by atoms with van der Waals surface area (Å²) < 4.78 is 0. The summed E-state index contributed by atoms with van der Waals surface area (Å²) in [7, 11) is 0. The van der Waals surface area contributed by atoms with Gasteiger partial charge in [0.1, 0.15) is 0 Å². The Balaban J connectivity index is 2.18. The molecule has 1 aliphatic rings. The quantitative estimate of drug-likeness (QED) is 0.723. The Morgan fingerprint density at radius 2 is 1.86 bits per heavy atom. The third-order valence-corrected chi connectivity index (χ3v) is 3.03. The Kier molecular flexibility index (Phi) is 2.82. The van der Waals surface area contributed by atoms with Crippen molar-refractivity contribution >= 4 is 23.0 Å². The molecule has 0 amide bonds. The van der Waals surface area contributed by atoms with Gasteiger partial charge >= 0.3 is 0 Å². The number of hydrogen-bond donors (Lipinski definition) is 1. The number of piperidine rings is 1. The fourth-order valence-corrected chi connectivity index (χ4v) is 2.04. The molecule has 76 valence electrons. The van der Waals surface area contributed by atoms with Crippen LogP contribution in [0.5, 0.6) is 0 Å². The van der Waals surface area contributed by atoms with Gasteiger partial charge in [-0.15, -0.1) is 0 Å². The fourth-order valence-electron chi connectivity index (χ4n) is 1.86. The van der Waals surface area contributed by atoms with Crippen molar-refractivity contribution in [2.75, 3.05) is 23.7 Å². The summed E-state index contributed by atoms with van der Waals surface area (Å²) in [6.07, 6.45) is 3.91. The van der Waals surface area contributed by atoms with Gasteiger partial charge in [0.2, 0.25) is 0 Å². The minimum absolute atomic E-state index is 0.660. The summed E-state index contributed by atoms with van der Waals surface area (Å²) in [6.45, 7) is 2.28. The van der Waals surface area contributed by atoms with E-state index < -0.39 is 0 Å². The normalized spacial score (nSPS) is 17.1. The van der Waals surface area contributed by atoms with Gasteiger partial charge in [0.05, 0.1) is 10.7 Å². The van der Waals surface area contributed by atoms with E-state index in [0.717, 1.165) is 13.1 Å². The molecule has 0 radical (unpaired) electrons. The van der Waals surface area contributed by atoms with E-state index in [1.807, 2.05) is 18.2 Å². The van der Waals surface area contributed by atoms with Gasteiger partial charge < -0.3 is 10.6 Å². The first-order chi connectivity index (χ1) is 6.77. The molecule has 0 bridgehead atoms. The molecule has 0 aromatic heterocycles. The zero-order chi connectivity index (χ0) is 9.97. The van der Waals surface area contributed by atoms with Gasteiger partial charge in [0, 0.05) is 18.8 Å². The van der Waals surface area contributed by atoms with Crippen LogP contribution in [0.25, 0.3) is 0 Å². The van der Waals surface area contributed by atoms with Crippen molar-refractivity contribution in [3.8, 4) is 0 Å². The lowest BCUT2D eigenvalue weighted by Crippen LogP contribution is -2.29. The standard InChI is InChI=1S/C11H15ClN2/c12-10-8-9(4-5-11(10)13)14-6-2-1-3-7-14/h4-5,8H,1-3,6-7,13H2. The molecule has 0 aliphatic carbocycles. The zero-order valence-electron chi connectivity index (χ0n) is 8.17. The summed E-state index contributed by atoms with van der Waals surface area (Å²) >= 11 is 5.98. The SMILES string of the molecule is Nc1ccc(N2CCCCC2)cc1Cl. The molecule has 14 heavy (non-hydrogen) atoms. The number of rotatable bonds is 1. The highest BCUT2D eigenvalue weighted by atomic mass is 35.5. The predicted molar refractivity (Wildman–Crippen MR) is 61.9 cm³/mol. The number of nitrogen functional groups attached to an aromatic ring is 1. The number of halogens is 1. The highest BCUT2D eigenvalue weighted by Crippen LogP contribution is 2.26. The third-order valence-electron chi connectivity index (χ3n) is 2.71. The molecule has 0 unspecified atom stereocenters. The monoisotopic (exact) mass is 210 g/mol. The Labute approximate surface area is 89.7 Å². The second-order valence-electron chi connectivity index (χ2n) is 3.75. The predicted octanol–water partition coefficient (Wildman–Crippen LogP) is 2.91. The van der Waals surface area contributed by atoms with Crippen LogP contribution in [0.1, 0.15) is 19.3 Å². The molecular formula is C11H15ClN2. The smallest absolute Gasteiger partial charge is 0.0656 e. The minimum Gasteiger partial charge on any atom is -0.398 e. The van der Waals surface area contributed by atoms with Crippen LogP contribution >= 0.6 is 11.6 Å². The van der Waals surface area contributed by atoms with Crippen molar-refractivity contribution in [1.29, 1.82) is 0 Å². The molecule has 1 saturated heterocycles. The van der Waals surface area contributed by atoms with Gasteiger partial charge in [-0.2, -0.15) is 0 Å². The second-order valence-corrected chi connectivity index (χ2v) is 4.16. The van der Waals surface area contributed by atoms with E-state index in [9.17, 15) is 0 Å². The lowest BCUT2D eigenvalue weighted by atomic mass is 10.1. The molecule has 2 nitrogen and oxygen atoms in total. The van der Waals surface area contributed by atoms with Crippen LogP contribution in [0.15, 0.2) is 18.2 Å². The Morgan fingerprint density at radius 3 is 2.50 bits per heavy atom. The maximum Gasteiger partial charge on any atom is 0.0656 e. The molecule has 0 atom stereocenters. The van der Waals surface area contributed by atoms with E-state index in [2.05, 4.69) is 4.90 Å². The summed E-state index contributed by atoms with van der Waals surface area (Å²) in [6, 6.07) is 5.89. The maximum absolute atomic E-state index is 5.98. The first-order valence-electron chi connectivity index (χ1n) is 5.07. The van der Waals surface area contributed by atoms with Gasteiger partial charge in [-0.3, -0.25) is 0 Å². The molecule has 1 fully saturated rings. The number of benzene rings is 1. The average molecular weight is 211 g/mol. The van der Waals surface area contributed by atoms with E-state index in [0.29, 0.717) is 10.7 Å². The van der Waals surface area contributed by atoms with Crippen molar-refractivity contribution in [3.63, 3.8) is 0 Å². The van der Waals surface area contributed by atoms with Gasteiger partial charge in [0.25, 0.3) is 0 Å². The summed E-state index contributed by atoms with van der Waals surface area (Å²) in [5.41, 5.74) is 7.53. The van der Waals surface area contributed by atoms with Crippen molar-refractivity contribution in [2.24, 2.45) is 0 Å². The highest BCUT2D eigenvalue weighted by Gasteiger charge is 2.11. The summed E-state index contributed by atoms with van der Waals surface area (Å²) in [5.74, 6) is 0. The maximum atomic E-state index is 5.98. The minimum atomic E-state index is 0.660. The van der Waals surface area contributed by atoms with Crippen molar-refractivity contribution < 1.29 is 0 Å². The van der Waals surface area contributed by atoms with E-state index in [1.54, 1.807) is 0 Å². The number of anilines is 2. The van der Waals surface area contributed by atoms with Crippen LogP contribution in [-0.2, 0) is 0 Å².